The quantitative estimate of drug-likeness (QED) is 0.764. The van der Waals surface area contributed by atoms with Crippen LogP contribution in [0.15, 0.2) is 18.2 Å². The van der Waals surface area contributed by atoms with E-state index in [4.69, 9.17) is 5.73 Å². The summed E-state index contributed by atoms with van der Waals surface area (Å²) >= 11 is 0. The molecule has 0 aromatic heterocycles. The Balaban J connectivity index is 0.00000225. The molecule has 0 fully saturated rings. The summed E-state index contributed by atoms with van der Waals surface area (Å²) in [4.78, 5) is 0. The highest BCUT2D eigenvalue weighted by Crippen LogP contribution is 2.22. The molecule has 0 radical (unpaired) electrons. The van der Waals surface area contributed by atoms with Crippen molar-refractivity contribution in [2.75, 3.05) is 0 Å². The Labute approximate surface area is 106 Å². The summed E-state index contributed by atoms with van der Waals surface area (Å²) in [5.41, 5.74) is 10.2. The molecule has 0 spiro atoms. The first-order valence-corrected chi connectivity index (χ1v) is 5.98. The van der Waals surface area contributed by atoms with E-state index in [1.807, 2.05) is 0 Å². The lowest BCUT2D eigenvalue weighted by atomic mass is 9.95. The van der Waals surface area contributed by atoms with Gasteiger partial charge in [0.2, 0.25) is 0 Å². The second kappa shape index (κ2) is 7.70. The first-order chi connectivity index (χ1) is 7.16. The molecule has 0 heterocycles. The van der Waals surface area contributed by atoms with Crippen LogP contribution in [0.25, 0.3) is 0 Å². The second-order valence-corrected chi connectivity index (χ2v) is 4.39. The van der Waals surface area contributed by atoms with Crippen LogP contribution in [0.3, 0.4) is 0 Å². The van der Waals surface area contributed by atoms with Crippen LogP contribution in [0, 0.1) is 13.8 Å². The molecule has 16 heavy (non-hydrogen) atoms. The maximum absolute atomic E-state index is 6.21. The first-order valence-electron chi connectivity index (χ1n) is 5.98. The van der Waals surface area contributed by atoms with E-state index in [9.17, 15) is 0 Å². The van der Waals surface area contributed by atoms with Crippen LogP contribution in [-0.2, 0) is 0 Å². The number of hydrogen-bond donors (Lipinski definition) is 1. The van der Waals surface area contributed by atoms with Gasteiger partial charge in [-0.05, 0) is 37.0 Å². The minimum absolute atomic E-state index is 0. The summed E-state index contributed by atoms with van der Waals surface area (Å²) < 4.78 is 0. The normalized spacial score (nSPS) is 12.0. The fourth-order valence-corrected chi connectivity index (χ4v) is 1.95. The molecule has 1 aromatic rings. The van der Waals surface area contributed by atoms with E-state index in [0.717, 1.165) is 6.42 Å². The van der Waals surface area contributed by atoms with Gasteiger partial charge in [0.1, 0.15) is 0 Å². The minimum Gasteiger partial charge on any atom is -0.324 e. The molecule has 2 N–H and O–H groups in total. The Morgan fingerprint density at radius 1 is 1.19 bits per heavy atom. The van der Waals surface area contributed by atoms with Crippen molar-refractivity contribution >= 4 is 12.4 Å². The summed E-state index contributed by atoms with van der Waals surface area (Å²) in [5.74, 6) is 0. The van der Waals surface area contributed by atoms with Gasteiger partial charge in [-0.15, -0.1) is 12.4 Å². The van der Waals surface area contributed by atoms with Crippen molar-refractivity contribution in [3.05, 3.63) is 34.9 Å². The van der Waals surface area contributed by atoms with Crippen molar-refractivity contribution in [1.82, 2.24) is 0 Å². The Kier molecular flexibility index (Phi) is 7.44. The third kappa shape index (κ3) is 4.15. The molecule has 1 atom stereocenters. The van der Waals surface area contributed by atoms with E-state index in [0.29, 0.717) is 0 Å². The van der Waals surface area contributed by atoms with Gasteiger partial charge >= 0.3 is 0 Å². The minimum atomic E-state index is 0. The van der Waals surface area contributed by atoms with Gasteiger partial charge in [0.25, 0.3) is 0 Å². The molecule has 1 rings (SSSR count). The Hall–Kier alpha value is -0.530. The summed E-state index contributed by atoms with van der Waals surface area (Å²) in [6, 6.07) is 6.64. The zero-order valence-corrected chi connectivity index (χ0v) is 11.4. The molecule has 0 saturated heterocycles. The van der Waals surface area contributed by atoms with Crippen LogP contribution >= 0.6 is 12.4 Å². The lowest BCUT2D eigenvalue weighted by molar-refractivity contribution is 0.579. The van der Waals surface area contributed by atoms with Crippen LogP contribution in [-0.4, -0.2) is 0 Å². The van der Waals surface area contributed by atoms with Gasteiger partial charge in [-0.25, -0.2) is 0 Å². The summed E-state index contributed by atoms with van der Waals surface area (Å²) in [5, 5.41) is 0. The maximum atomic E-state index is 6.21. The highest BCUT2D eigenvalue weighted by Gasteiger charge is 2.09. The van der Waals surface area contributed by atoms with Crippen LogP contribution < -0.4 is 5.73 Å². The highest BCUT2D eigenvalue weighted by atomic mass is 35.5. The molecule has 0 aliphatic rings. The predicted octanol–water partition coefficient (Wildman–Crippen LogP) is 4.31. The number of halogens is 1. The van der Waals surface area contributed by atoms with Crippen LogP contribution in [0.2, 0.25) is 0 Å². The lowest BCUT2D eigenvalue weighted by Crippen LogP contribution is -2.12. The van der Waals surface area contributed by atoms with Crippen molar-refractivity contribution in [1.29, 1.82) is 0 Å². The molecule has 0 aliphatic heterocycles. The van der Waals surface area contributed by atoms with Gasteiger partial charge in [0.05, 0.1) is 0 Å². The zero-order chi connectivity index (χ0) is 11.3. The Bertz CT molecular complexity index is 310. The monoisotopic (exact) mass is 241 g/mol. The lowest BCUT2D eigenvalue weighted by Gasteiger charge is -2.15. The van der Waals surface area contributed by atoms with Crippen LogP contribution in [0.4, 0.5) is 0 Å². The molecule has 92 valence electrons. The van der Waals surface area contributed by atoms with Crippen molar-refractivity contribution in [2.45, 2.75) is 52.5 Å². The van der Waals surface area contributed by atoms with Gasteiger partial charge in [0, 0.05) is 6.04 Å². The van der Waals surface area contributed by atoms with Crippen molar-refractivity contribution < 1.29 is 0 Å². The van der Waals surface area contributed by atoms with Gasteiger partial charge in [0.15, 0.2) is 0 Å². The third-order valence-corrected chi connectivity index (χ3v) is 3.16. The number of nitrogens with two attached hydrogens (primary N) is 1. The van der Waals surface area contributed by atoms with E-state index in [1.165, 1.54) is 36.0 Å². The number of benzene rings is 1. The van der Waals surface area contributed by atoms with E-state index in [2.05, 4.69) is 39.0 Å². The van der Waals surface area contributed by atoms with Gasteiger partial charge < -0.3 is 5.73 Å². The number of aryl methyl sites for hydroxylation is 1. The molecule has 0 saturated carbocycles. The van der Waals surface area contributed by atoms with Crippen LogP contribution in [0.5, 0.6) is 0 Å². The molecule has 2 heteroatoms. The molecule has 1 aromatic carbocycles. The first kappa shape index (κ1) is 15.5. The number of unbranched alkanes of at least 4 members (excludes halogenated alkanes) is 2. The van der Waals surface area contributed by atoms with Gasteiger partial charge in [-0.3, -0.25) is 0 Å². The molecular formula is C14H24ClN. The highest BCUT2D eigenvalue weighted by molar-refractivity contribution is 5.85. The van der Waals surface area contributed by atoms with E-state index >= 15 is 0 Å². The van der Waals surface area contributed by atoms with E-state index in [1.54, 1.807) is 0 Å². The molecule has 0 amide bonds. The SMILES string of the molecule is CCCCC[C@@H](N)c1cccc(C)c1C.Cl. The average Bonchev–Trinajstić information content (AvgIpc) is 2.22. The van der Waals surface area contributed by atoms with Crippen molar-refractivity contribution in [3.63, 3.8) is 0 Å². The van der Waals surface area contributed by atoms with E-state index in [-0.39, 0.29) is 18.4 Å². The largest absolute Gasteiger partial charge is 0.324 e. The third-order valence-electron chi connectivity index (χ3n) is 3.16. The van der Waals surface area contributed by atoms with E-state index < -0.39 is 0 Å². The predicted molar refractivity (Wildman–Crippen MR) is 74.2 cm³/mol. The smallest absolute Gasteiger partial charge is 0.0297 e. The van der Waals surface area contributed by atoms with Gasteiger partial charge in [-0.2, -0.15) is 0 Å². The number of rotatable bonds is 5. The second-order valence-electron chi connectivity index (χ2n) is 4.39. The summed E-state index contributed by atoms with van der Waals surface area (Å²) in [7, 11) is 0. The van der Waals surface area contributed by atoms with Crippen molar-refractivity contribution in [2.24, 2.45) is 5.73 Å². The Morgan fingerprint density at radius 2 is 1.88 bits per heavy atom. The zero-order valence-electron chi connectivity index (χ0n) is 10.6. The summed E-state index contributed by atoms with van der Waals surface area (Å²) in [6.07, 6.45) is 4.90. The average molecular weight is 242 g/mol. The molecule has 1 nitrogen and oxygen atoms in total. The Morgan fingerprint density at radius 3 is 2.50 bits per heavy atom. The molecular weight excluding hydrogens is 218 g/mol. The standard InChI is InChI=1S/C14H23N.ClH/c1-4-5-6-10-14(15)13-9-7-8-11(2)12(13)3;/h7-9,14H,4-6,10,15H2,1-3H3;1H/t14-;/m1./s1. The molecule has 0 bridgehead atoms. The fraction of sp³-hybridized carbons (Fsp3) is 0.571. The number of hydrogen-bond acceptors (Lipinski definition) is 1. The topological polar surface area (TPSA) is 26.0 Å². The van der Waals surface area contributed by atoms with Gasteiger partial charge in [-0.1, -0.05) is 44.4 Å². The molecule has 0 aliphatic carbocycles. The van der Waals surface area contributed by atoms with Crippen molar-refractivity contribution in [3.8, 4) is 0 Å². The summed E-state index contributed by atoms with van der Waals surface area (Å²) in [6.45, 7) is 6.55. The molecule has 0 unspecified atom stereocenters. The fourth-order valence-electron chi connectivity index (χ4n) is 1.95. The van der Waals surface area contributed by atoms with Crippen LogP contribution in [0.1, 0.15) is 55.3 Å². The maximum Gasteiger partial charge on any atom is 0.0297 e.